The molecule has 142 valence electrons. The molecule has 0 saturated carbocycles. The van der Waals surface area contributed by atoms with Crippen molar-refractivity contribution in [2.45, 2.75) is 6.54 Å². The molecule has 0 fully saturated rings. The topological polar surface area (TPSA) is 51.9 Å². The van der Waals surface area contributed by atoms with Gasteiger partial charge >= 0.3 is 5.56 Å². The van der Waals surface area contributed by atoms with Crippen LogP contribution in [0.5, 0.6) is 0 Å². The molecule has 0 bridgehead atoms. The summed E-state index contributed by atoms with van der Waals surface area (Å²) < 4.78 is 44.1. The average molecular weight is 384 g/mol. The highest BCUT2D eigenvalue weighted by Crippen LogP contribution is 2.26. The molecule has 8 heteroatoms. The highest BCUT2D eigenvalue weighted by molar-refractivity contribution is 5.93. The summed E-state index contributed by atoms with van der Waals surface area (Å²) in [6.07, 6.45) is 2.85. The minimum absolute atomic E-state index is 0.0624. The molecule has 0 spiro atoms. The maximum absolute atomic E-state index is 13.8. The second-order valence-corrected chi connectivity index (χ2v) is 6.41. The fourth-order valence-corrected chi connectivity index (χ4v) is 3.12. The summed E-state index contributed by atoms with van der Waals surface area (Å²) in [4.78, 5) is 15.5. The van der Waals surface area contributed by atoms with Gasteiger partial charge in [0.25, 0.3) is 0 Å². The molecule has 2 aromatic heterocycles. The van der Waals surface area contributed by atoms with Crippen molar-refractivity contribution in [2.24, 2.45) is 7.05 Å². The minimum atomic E-state index is -1.06. The third kappa shape index (κ3) is 3.36. The van der Waals surface area contributed by atoms with Gasteiger partial charge in [-0.2, -0.15) is 9.37 Å². The average Bonchev–Trinajstić information content (AvgIpc) is 3.01. The number of rotatable bonds is 4. The van der Waals surface area contributed by atoms with Crippen LogP contribution in [0.2, 0.25) is 0 Å². The fraction of sp³-hybridized carbons (Fsp3) is 0.100. The first-order valence-electron chi connectivity index (χ1n) is 8.44. The Labute approximate surface area is 157 Å². The molecule has 2 heterocycles. The van der Waals surface area contributed by atoms with Gasteiger partial charge in [0.15, 0.2) is 0 Å². The number of aryl methyl sites for hydroxylation is 1. The Hall–Kier alpha value is -3.55. The first kappa shape index (κ1) is 17.8. The largest absolute Gasteiger partial charge is 0.350 e. The Bertz CT molecular complexity index is 1230. The van der Waals surface area contributed by atoms with Crippen molar-refractivity contribution in [1.82, 2.24) is 14.1 Å². The molecule has 28 heavy (non-hydrogen) atoms. The van der Waals surface area contributed by atoms with E-state index < -0.39 is 23.0 Å². The van der Waals surface area contributed by atoms with Gasteiger partial charge in [0.05, 0.1) is 12.2 Å². The van der Waals surface area contributed by atoms with Crippen LogP contribution in [0.15, 0.2) is 59.7 Å². The first-order valence-corrected chi connectivity index (χ1v) is 8.44. The molecule has 2 aromatic carbocycles. The molecule has 0 radical (unpaired) electrons. The molecule has 0 aliphatic rings. The van der Waals surface area contributed by atoms with E-state index in [9.17, 15) is 18.0 Å². The lowest BCUT2D eigenvalue weighted by Gasteiger charge is -2.15. The van der Waals surface area contributed by atoms with E-state index in [1.54, 1.807) is 6.07 Å². The van der Waals surface area contributed by atoms with Gasteiger partial charge in [-0.3, -0.25) is 4.79 Å². The lowest BCUT2D eigenvalue weighted by molar-refractivity contribution is 0.568. The number of benzene rings is 2. The second kappa shape index (κ2) is 6.88. The molecule has 0 saturated heterocycles. The van der Waals surface area contributed by atoms with Gasteiger partial charge < -0.3 is 14.5 Å². The van der Waals surface area contributed by atoms with Gasteiger partial charge in [0, 0.05) is 36.4 Å². The summed E-state index contributed by atoms with van der Waals surface area (Å²) >= 11 is 0. The van der Waals surface area contributed by atoms with Crippen LogP contribution in [0, 0.1) is 17.5 Å². The van der Waals surface area contributed by atoms with Crippen LogP contribution in [0.25, 0.3) is 10.9 Å². The van der Waals surface area contributed by atoms with Crippen LogP contribution in [-0.4, -0.2) is 14.1 Å². The molecule has 1 N–H and O–H groups in total. The minimum Gasteiger partial charge on any atom is -0.350 e. The van der Waals surface area contributed by atoms with Gasteiger partial charge in [-0.05, 0) is 35.9 Å². The quantitative estimate of drug-likeness (QED) is 0.580. The van der Waals surface area contributed by atoms with Gasteiger partial charge in [0.1, 0.15) is 11.6 Å². The Morgan fingerprint density at radius 2 is 1.82 bits per heavy atom. The zero-order valence-corrected chi connectivity index (χ0v) is 14.8. The van der Waals surface area contributed by atoms with E-state index in [1.807, 2.05) is 36.0 Å². The fourth-order valence-electron chi connectivity index (χ4n) is 3.12. The third-order valence-electron chi connectivity index (χ3n) is 4.40. The highest BCUT2D eigenvalue weighted by atomic mass is 19.1. The molecular formula is C20H15F3N4O. The van der Waals surface area contributed by atoms with Crippen LogP contribution in [0.1, 0.15) is 5.56 Å². The summed E-state index contributed by atoms with van der Waals surface area (Å²) in [6, 6.07) is 10.5. The van der Waals surface area contributed by atoms with E-state index >= 15 is 0 Å². The van der Waals surface area contributed by atoms with Crippen molar-refractivity contribution in [3.63, 3.8) is 0 Å². The number of aromatic nitrogens is 3. The SMILES string of the molecule is Cn1ccc2c(Nc3nc(=O)c(F)cn3Cc3cc(F)cc(F)c3)cccc21. The van der Waals surface area contributed by atoms with Gasteiger partial charge in [0.2, 0.25) is 11.8 Å². The summed E-state index contributed by atoms with van der Waals surface area (Å²) in [6.45, 7) is -0.0774. The van der Waals surface area contributed by atoms with E-state index in [4.69, 9.17) is 0 Å². The molecule has 0 unspecified atom stereocenters. The van der Waals surface area contributed by atoms with E-state index in [0.717, 1.165) is 35.3 Å². The molecule has 5 nitrogen and oxygen atoms in total. The summed E-state index contributed by atoms with van der Waals surface area (Å²) in [5, 5.41) is 3.91. The molecular weight excluding hydrogens is 369 g/mol. The molecule has 0 atom stereocenters. The number of hydrogen-bond acceptors (Lipinski definition) is 3. The molecule has 4 rings (SSSR count). The van der Waals surface area contributed by atoms with Crippen molar-refractivity contribution in [2.75, 3.05) is 5.32 Å². The summed E-state index contributed by atoms with van der Waals surface area (Å²) in [7, 11) is 1.90. The number of hydrogen-bond donors (Lipinski definition) is 1. The highest BCUT2D eigenvalue weighted by Gasteiger charge is 2.12. The van der Waals surface area contributed by atoms with Crippen LogP contribution < -0.4 is 10.9 Å². The number of anilines is 2. The lowest BCUT2D eigenvalue weighted by atomic mass is 10.2. The molecule has 0 aliphatic carbocycles. The summed E-state index contributed by atoms with van der Waals surface area (Å²) in [5.41, 5.74) is 0.858. The monoisotopic (exact) mass is 384 g/mol. The number of nitrogens with zero attached hydrogens (tertiary/aromatic N) is 3. The van der Waals surface area contributed by atoms with Crippen molar-refractivity contribution < 1.29 is 13.2 Å². The van der Waals surface area contributed by atoms with E-state index in [0.29, 0.717) is 5.69 Å². The van der Waals surface area contributed by atoms with Crippen LogP contribution in [0.4, 0.5) is 24.8 Å². The zero-order valence-electron chi connectivity index (χ0n) is 14.8. The van der Waals surface area contributed by atoms with Crippen LogP contribution in [0.3, 0.4) is 0 Å². The number of fused-ring (bicyclic) bond motifs is 1. The van der Waals surface area contributed by atoms with Gasteiger partial charge in [-0.25, -0.2) is 8.78 Å². The first-order chi connectivity index (χ1) is 13.4. The predicted octanol–water partition coefficient (Wildman–Crippen LogP) is 3.94. The van der Waals surface area contributed by atoms with Crippen LogP contribution >= 0.6 is 0 Å². The number of halogens is 3. The molecule has 4 aromatic rings. The Morgan fingerprint density at radius 3 is 2.57 bits per heavy atom. The summed E-state index contributed by atoms with van der Waals surface area (Å²) in [5.74, 6) is -2.48. The maximum Gasteiger partial charge on any atom is 0.310 e. The Balaban J connectivity index is 1.78. The van der Waals surface area contributed by atoms with Crippen molar-refractivity contribution in [3.8, 4) is 0 Å². The Kier molecular flexibility index (Phi) is 4.38. The Morgan fingerprint density at radius 1 is 1.07 bits per heavy atom. The van der Waals surface area contributed by atoms with Gasteiger partial charge in [-0.1, -0.05) is 6.07 Å². The second-order valence-electron chi connectivity index (χ2n) is 6.41. The maximum atomic E-state index is 13.8. The standard InChI is InChI=1S/C20H15F3N4O/c1-26-6-5-15-17(3-2-4-18(15)26)24-20-25-19(28)16(23)11-27(20)10-12-7-13(21)9-14(22)8-12/h2-9,11H,10H2,1H3,(H,24,25,28). The van der Waals surface area contributed by atoms with Crippen molar-refractivity contribution in [1.29, 1.82) is 0 Å². The van der Waals surface area contributed by atoms with Crippen LogP contribution in [-0.2, 0) is 13.6 Å². The van der Waals surface area contributed by atoms with E-state index in [1.165, 1.54) is 4.57 Å². The third-order valence-corrected chi connectivity index (χ3v) is 4.40. The van der Waals surface area contributed by atoms with Crippen molar-refractivity contribution in [3.05, 3.63) is 88.2 Å². The van der Waals surface area contributed by atoms with E-state index in [-0.39, 0.29) is 18.1 Å². The number of nitrogens with one attached hydrogen (secondary N) is 1. The molecule has 0 aliphatic heterocycles. The normalized spacial score (nSPS) is 11.1. The molecule has 0 amide bonds. The zero-order chi connectivity index (χ0) is 19.8. The van der Waals surface area contributed by atoms with Gasteiger partial charge in [-0.15, -0.1) is 0 Å². The lowest BCUT2D eigenvalue weighted by Crippen LogP contribution is -2.20. The predicted molar refractivity (Wildman–Crippen MR) is 100 cm³/mol. The van der Waals surface area contributed by atoms with E-state index in [2.05, 4.69) is 10.3 Å². The van der Waals surface area contributed by atoms with Crippen molar-refractivity contribution >= 4 is 22.5 Å². The smallest absolute Gasteiger partial charge is 0.310 e.